The number of nitrogens with zero attached hydrogens (tertiary/aromatic N) is 6. The van der Waals surface area contributed by atoms with Crippen LogP contribution in [0, 0.1) is 21.4 Å². The lowest BCUT2D eigenvalue weighted by molar-refractivity contribution is -0.384. The molecule has 14 heteroatoms. The van der Waals surface area contributed by atoms with E-state index in [4.69, 9.17) is 4.74 Å². The summed E-state index contributed by atoms with van der Waals surface area (Å²) in [5, 5.41) is 33.9. The summed E-state index contributed by atoms with van der Waals surface area (Å²) >= 11 is 2.52. The van der Waals surface area contributed by atoms with Crippen molar-refractivity contribution in [2.45, 2.75) is 56.1 Å². The topological polar surface area (TPSA) is 166 Å². The SMILES string of the molecule is CCOC(=O)c1c(NC(=O)C(C#N)=Cc2cc([N+](=O)[O-])ccc2Sc2nnc(-c3ccncc3)n2CC)sc2c1CCCC2. The van der Waals surface area contributed by atoms with Crippen LogP contribution in [0.4, 0.5) is 10.7 Å². The van der Waals surface area contributed by atoms with Gasteiger partial charge >= 0.3 is 5.97 Å². The zero-order valence-corrected chi connectivity index (χ0v) is 25.5. The van der Waals surface area contributed by atoms with Gasteiger partial charge < -0.3 is 14.6 Å². The summed E-state index contributed by atoms with van der Waals surface area (Å²) in [6, 6.07) is 9.76. The van der Waals surface area contributed by atoms with Gasteiger partial charge in [-0.3, -0.25) is 19.9 Å². The number of nitriles is 1. The van der Waals surface area contributed by atoms with E-state index in [0.717, 1.165) is 35.3 Å². The molecule has 1 aromatic carbocycles. The van der Waals surface area contributed by atoms with Gasteiger partial charge in [-0.1, -0.05) is 0 Å². The first-order valence-corrected chi connectivity index (χ1v) is 15.5. The third kappa shape index (κ3) is 6.38. The minimum atomic E-state index is -0.740. The molecule has 224 valence electrons. The summed E-state index contributed by atoms with van der Waals surface area (Å²) in [6.07, 6.45) is 8.03. The number of anilines is 1. The van der Waals surface area contributed by atoms with Crippen LogP contribution in [-0.4, -0.2) is 43.2 Å². The van der Waals surface area contributed by atoms with Crippen molar-refractivity contribution in [3.05, 3.63) is 80.0 Å². The molecule has 12 nitrogen and oxygen atoms in total. The number of pyridine rings is 1. The molecule has 3 heterocycles. The van der Waals surface area contributed by atoms with Crippen LogP contribution >= 0.6 is 23.1 Å². The molecule has 0 atom stereocenters. The third-order valence-corrected chi connectivity index (χ3v) is 9.20. The second-order valence-corrected chi connectivity index (χ2v) is 11.7. The number of thiophene rings is 1. The minimum Gasteiger partial charge on any atom is -0.462 e. The Hall–Kier alpha value is -4.87. The number of aromatic nitrogens is 4. The molecular weight excluding hydrogens is 603 g/mol. The van der Waals surface area contributed by atoms with Crippen molar-refractivity contribution in [3.63, 3.8) is 0 Å². The molecule has 0 unspecified atom stereocenters. The molecule has 0 aliphatic heterocycles. The number of rotatable bonds is 10. The molecule has 0 saturated heterocycles. The monoisotopic (exact) mass is 629 g/mol. The predicted octanol–water partition coefficient (Wildman–Crippen LogP) is 6.08. The second-order valence-electron chi connectivity index (χ2n) is 9.63. The van der Waals surface area contributed by atoms with Crippen molar-refractivity contribution in [1.29, 1.82) is 5.26 Å². The van der Waals surface area contributed by atoms with Crippen LogP contribution < -0.4 is 5.32 Å². The number of ether oxygens (including phenoxy) is 1. The van der Waals surface area contributed by atoms with Crippen LogP contribution in [0.2, 0.25) is 0 Å². The fourth-order valence-corrected chi connectivity index (χ4v) is 7.11. The largest absolute Gasteiger partial charge is 0.462 e. The molecule has 1 aliphatic carbocycles. The highest BCUT2D eigenvalue weighted by atomic mass is 32.2. The van der Waals surface area contributed by atoms with Gasteiger partial charge in [0.15, 0.2) is 11.0 Å². The molecule has 1 amide bonds. The van der Waals surface area contributed by atoms with E-state index < -0.39 is 16.8 Å². The van der Waals surface area contributed by atoms with E-state index in [1.165, 1.54) is 41.3 Å². The highest BCUT2D eigenvalue weighted by molar-refractivity contribution is 7.99. The van der Waals surface area contributed by atoms with Crippen molar-refractivity contribution < 1.29 is 19.2 Å². The first-order valence-electron chi connectivity index (χ1n) is 13.9. The number of fused-ring (bicyclic) bond motifs is 1. The maximum atomic E-state index is 13.4. The van der Waals surface area contributed by atoms with Crippen molar-refractivity contribution in [1.82, 2.24) is 19.7 Å². The Morgan fingerprint density at radius 2 is 1.98 bits per heavy atom. The van der Waals surface area contributed by atoms with E-state index in [1.54, 1.807) is 25.4 Å². The van der Waals surface area contributed by atoms with Crippen molar-refractivity contribution in [2.75, 3.05) is 11.9 Å². The summed E-state index contributed by atoms with van der Waals surface area (Å²) in [7, 11) is 0. The van der Waals surface area contributed by atoms with Crippen LogP contribution in [-0.2, 0) is 28.9 Å². The number of nitrogens with one attached hydrogen (secondary N) is 1. The molecule has 1 aliphatic rings. The van der Waals surface area contributed by atoms with E-state index in [9.17, 15) is 25.0 Å². The Bertz CT molecular complexity index is 1810. The van der Waals surface area contributed by atoms with E-state index in [-0.39, 0.29) is 23.4 Å². The Morgan fingerprint density at radius 1 is 1.20 bits per heavy atom. The molecule has 0 spiro atoms. The number of non-ortho nitro benzene ring substituents is 1. The summed E-state index contributed by atoms with van der Waals surface area (Å²) in [6.45, 7) is 4.39. The number of hydrogen-bond acceptors (Lipinski definition) is 11. The van der Waals surface area contributed by atoms with Gasteiger partial charge in [-0.25, -0.2) is 4.79 Å². The fraction of sp³-hybridized carbons (Fsp3) is 0.267. The summed E-state index contributed by atoms with van der Waals surface area (Å²) < 4.78 is 7.16. The lowest BCUT2D eigenvalue weighted by atomic mass is 9.95. The molecule has 0 fully saturated rings. The van der Waals surface area contributed by atoms with Gasteiger partial charge in [-0.05, 0) is 86.7 Å². The third-order valence-electron chi connectivity index (χ3n) is 6.92. The summed E-state index contributed by atoms with van der Waals surface area (Å²) in [5.41, 5.74) is 1.81. The summed E-state index contributed by atoms with van der Waals surface area (Å²) in [4.78, 5) is 42.9. The number of nitro groups is 1. The average Bonchev–Trinajstić information content (AvgIpc) is 3.61. The number of benzene rings is 1. The smallest absolute Gasteiger partial charge is 0.341 e. The van der Waals surface area contributed by atoms with Gasteiger partial charge in [-0.15, -0.1) is 21.5 Å². The Morgan fingerprint density at radius 3 is 2.68 bits per heavy atom. The van der Waals surface area contributed by atoms with Crippen molar-refractivity contribution in [2.24, 2.45) is 0 Å². The van der Waals surface area contributed by atoms with E-state index in [0.29, 0.717) is 39.4 Å². The fourth-order valence-electron chi connectivity index (χ4n) is 4.86. The first kappa shape index (κ1) is 30.6. The van der Waals surface area contributed by atoms with Crippen molar-refractivity contribution >= 4 is 51.7 Å². The molecule has 0 bridgehead atoms. The molecular formula is C30H27N7O5S2. The highest BCUT2D eigenvalue weighted by Crippen LogP contribution is 2.39. The predicted molar refractivity (Wildman–Crippen MR) is 165 cm³/mol. The highest BCUT2D eigenvalue weighted by Gasteiger charge is 2.28. The quantitative estimate of drug-likeness (QED) is 0.0714. The van der Waals surface area contributed by atoms with Crippen LogP contribution in [0.5, 0.6) is 0 Å². The lowest BCUT2D eigenvalue weighted by Crippen LogP contribution is -2.16. The number of carbonyl (C=O) groups is 2. The molecule has 4 aromatic rings. The Balaban J connectivity index is 1.50. The van der Waals surface area contributed by atoms with Gasteiger partial charge in [0.1, 0.15) is 16.6 Å². The second kappa shape index (κ2) is 13.6. The molecule has 0 radical (unpaired) electrons. The maximum Gasteiger partial charge on any atom is 0.341 e. The number of esters is 1. The van der Waals surface area contributed by atoms with Crippen LogP contribution in [0.3, 0.4) is 0 Å². The molecule has 44 heavy (non-hydrogen) atoms. The molecule has 3 aromatic heterocycles. The van der Waals surface area contributed by atoms with Crippen LogP contribution in [0.1, 0.15) is 53.1 Å². The normalized spacial score (nSPS) is 12.7. The number of hydrogen-bond donors (Lipinski definition) is 1. The van der Waals surface area contributed by atoms with Crippen molar-refractivity contribution in [3.8, 4) is 17.5 Å². The Labute approximate surface area is 260 Å². The van der Waals surface area contributed by atoms with Gasteiger partial charge in [0.25, 0.3) is 11.6 Å². The number of amides is 1. The van der Waals surface area contributed by atoms with Gasteiger partial charge in [0, 0.05) is 46.4 Å². The molecule has 5 rings (SSSR count). The van der Waals surface area contributed by atoms with Gasteiger partial charge in [0.05, 0.1) is 17.1 Å². The standard InChI is InChI=1S/C30H27N7O5S2/c1-3-36-26(18-11-13-32-14-12-18)34-35-30(36)44-23-10-9-21(37(40)41)16-19(23)15-20(17-31)27(38)33-28-25(29(39)42-4-2)22-7-5-6-8-24(22)43-28/h9-16H,3-8H2,1-2H3,(H,33,38). The zero-order valence-electron chi connectivity index (χ0n) is 23.9. The van der Waals surface area contributed by atoms with Gasteiger partial charge in [-0.2, -0.15) is 5.26 Å². The number of nitro benzene ring substituents is 1. The number of aryl methyl sites for hydroxylation is 1. The van der Waals surface area contributed by atoms with Gasteiger partial charge in [0.2, 0.25) is 0 Å². The first-order chi connectivity index (χ1) is 21.3. The summed E-state index contributed by atoms with van der Waals surface area (Å²) in [5.74, 6) is -0.631. The number of carbonyl (C=O) groups excluding carboxylic acids is 2. The van der Waals surface area contributed by atoms with E-state index in [1.807, 2.05) is 29.7 Å². The molecule has 1 N–H and O–H groups in total. The zero-order chi connectivity index (χ0) is 31.2. The maximum absolute atomic E-state index is 13.4. The van der Waals surface area contributed by atoms with E-state index in [2.05, 4.69) is 20.5 Å². The van der Waals surface area contributed by atoms with Crippen LogP contribution in [0.15, 0.2) is 58.4 Å². The van der Waals surface area contributed by atoms with Crippen LogP contribution in [0.25, 0.3) is 17.5 Å². The lowest BCUT2D eigenvalue weighted by Gasteiger charge is -2.12. The average molecular weight is 630 g/mol. The molecule has 0 saturated carbocycles. The minimum absolute atomic E-state index is 0.184. The Kier molecular flexibility index (Phi) is 9.47. The van der Waals surface area contributed by atoms with E-state index >= 15 is 0 Å².